The number of nitrogens with zero attached hydrogens (tertiary/aromatic N) is 2. The van der Waals surface area contributed by atoms with E-state index in [0.29, 0.717) is 6.04 Å². The highest BCUT2D eigenvalue weighted by Crippen LogP contribution is 2.23. The molecular formula is C20H31N5OS. The molecule has 1 saturated heterocycles. The molecule has 0 spiro atoms. The lowest BCUT2D eigenvalue weighted by atomic mass is 10.1. The van der Waals surface area contributed by atoms with Crippen molar-refractivity contribution in [3.05, 3.63) is 46.7 Å². The van der Waals surface area contributed by atoms with Gasteiger partial charge in [-0.05, 0) is 50.0 Å². The van der Waals surface area contributed by atoms with Crippen LogP contribution in [-0.2, 0) is 6.42 Å². The van der Waals surface area contributed by atoms with E-state index in [-0.39, 0.29) is 0 Å². The molecule has 0 radical (unpaired) electrons. The van der Waals surface area contributed by atoms with E-state index < -0.39 is 0 Å². The molecule has 0 bridgehead atoms. The molecule has 1 aromatic heterocycles. The van der Waals surface area contributed by atoms with Crippen molar-refractivity contribution in [2.75, 3.05) is 25.5 Å². The summed E-state index contributed by atoms with van der Waals surface area (Å²) >= 11 is 1.56. The van der Waals surface area contributed by atoms with Crippen molar-refractivity contribution in [2.45, 2.75) is 46.1 Å². The maximum absolute atomic E-state index is 5.30. The number of methoxy groups -OCH3 is 1. The zero-order chi connectivity index (χ0) is 19.6. The second kappa shape index (κ2) is 10.9. The Labute approximate surface area is 166 Å². The van der Waals surface area contributed by atoms with Crippen LogP contribution in [0, 0.1) is 6.92 Å². The molecule has 0 saturated carbocycles. The fourth-order valence-corrected chi connectivity index (χ4v) is 3.78. The molecule has 1 aromatic carbocycles. The molecule has 3 rings (SSSR count). The summed E-state index contributed by atoms with van der Waals surface area (Å²) in [7, 11) is 1.69. The first-order valence-electron chi connectivity index (χ1n) is 9.53. The number of piperidine rings is 1. The minimum Gasteiger partial charge on any atom is -0.496 e. The maximum atomic E-state index is 5.30. The van der Waals surface area contributed by atoms with Gasteiger partial charge in [0.05, 0.1) is 12.9 Å². The molecule has 1 aliphatic heterocycles. The van der Waals surface area contributed by atoms with Crippen LogP contribution < -0.4 is 20.7 Å². The molecular weight excluding hydrogens is 358 g/mol. The molecule has 0 aliphatic carbocycles. The number of aromatic nitrogens is 2. The summed E-state index contributed by atoms with van der Waals surface area (Å²) in [5.41, 5.74) is 2.33. The smallest absolute Gasteiger partial charge is 0.211 e. The molecule has 2 aromatic rings. The van der Waals surface area contributed by atoms with Gasteiger partial charge in [0.1, 0.15) is 10.8 Å². The number of hydrogen-bond donors (Lipinski definition) is 3. The first-order chi connectivity index (χ1) is 13.1. The van der Waals surface area contributed by atoms with Crippen molar-refractivity contribution in [2.24, 2.45) is 0 Å². The quantitative estimate of drug-likeness (QED) is 0.671. The van der Waals surface area contributed by atoms with Gasteiger partial charge >= 0.3 is 0 Å². The van der Waals surface area contributed by atoms with E-state index in [0.717, 1.165) is 59.6 Å². The summed E-state index contributed by atoms with van der Waals surface area (Å²) in [6.45, 7) is 12.2. The Morgan fingerprint density at radius 1 is 1.30 bits per heavy atom. The summed E-state index contributed by atoms with van der Waals surface area (Å²) in [5, 5.41) is 20.3. The molecule has 148 valence electrons. The Morgan fingerprint density at radius 3 is 2.70 bits per heavy atom. The van der Waals surface area contributed by atoms with Crippen LogP contribution in [0.1, 0.15) is 42.8 Å². The third-order valence-corrected chi connectivity index (χ3v) is 5.10. The van der Waals surface area contributed by atoms with Gasteiger partial charge < -0.3 is 20.7 Å². The Bertz CT molecular complexity index is 725. The fourth-order valence-electron chi connectivity index (χ4n) is 2.98. The molecule has 2 heterocycles. The lowest BCUT2D eigenvalue weighted by molar-refractivity contribution is 0.411. The van der Waals surface area contributed by atoms with Gasteiger partial charge in [-0.15, -0.1) is 10.2 Å². The molecule has 0 atom stereocenters. The predicted molar refractivity (Wildman–Crippen MR) is 114 cm³/mol. The SMILES string of the molecule is C=C(Nc1nnc(Cc2ccc(OC)c(C)c2)s1)NC1CCNCC1.CC. The molecule has 1 fully saturated rings. The first kappa shape index (κ1) is 21.2. The number of hydrogen-bond acceptors (Lipinski definition) is 7. The Kier molecular flexibility index (Phi) is 8.54. The third kappa shape index (κ3) is 6.52. The van der Waals surface area contributed by atoms with Gasteiger partial charge in [0.2, 0.25) is 5.13 Å². The number of rotatable bonds is 7. The second-order valence-electron chi connectivity index (χ2n) is 6.25. The topological polar surface area (TPSA) is 71.1 Å². The lowest BCUT2D eigenvalue weighted by Crippen LogP contribution is -2.40. The zero-order valence-electron chi connectivity index (χ0n) is 16.8. The average Bonchev–Trinajstić information content (AvgIpc) is 3.11. The van der Waals surface area contributed by atoms with E-state index in [1.165, 1.54) is 5.56 Å². The summed E-state index contributed by atoms with van der Waals surface area (Å²) in [6.07, 6.45) is 2.98. The highest BCUT2D eigenvalue weighted by Gasteiger charge is 2.14. The highest BCUT2D eigenvalue weighted by atomic mass is 32.1. The number of aryl methyl sites for hydroxylation is 1. The molecule has 3 N–H and O–H groups in total. The zero-order valence-corrected chi connectivity index (χ0v) is 17.6. The van der Waals surface area contributed by atoms with Crippen LogP contribution in [0.5, 0.6) is 5.75 Å². The van der Waals surface area contributed by atoms with E-state index in [9.17, 15) is 0 Å². The number of ether oxygens (including phenoxy) is 1. The van der Waals surface area contributed by atoms with Crippen LogP contribution in [0.15, 0.2) is 30.6 Å². The molecule has 6 nitrogen and oxygen atoms in total. The molecule has 7 heteroatoms. The van der Waals surface area contributed by atoms with Crippen LogP contribution in [0.3, 0.4) is 0 Å². The minimum atomic E-state index is 0.468. The normalized spacial score (nSPS) is 14.1. The Hall–Kier alpha value is -2.12. The minimum absolute atomic E-state index is 0.468. The van der Waals surface area contributed by atoms with Crippen molar-refractivity contribution in [1.82, 2.24) is 20.8 Å². The van der Waals surface area contributed by atoms with Gasteiger partial charge in [0, 0.05) is 12.5 Å². The number of benzene rings is 1. The van der Waals surface area contributed by atoms with Gasteiger partial charge in [-0.25, -0.2) is 0 Å². The van der Waals surface area contributed by atoms with Crippen LogP contribution in [0.25, 0.3) is 0 Å². The predicted octanol–water partition coefficient (Wildman–Crippen LogP) is 3.70. The van der Waals surface area contributed by atoms with Gasteiger partial charge in [-0.1, -0.05) is 43.9 Å². The van der Waals surface area contributed by atoms with Crippen LogP contribution in [-0.4, -0.2) is 36.4 Å². The highest BCUT2D eigenvalue weighted by molar-refractivity contribution is 7.15. The molecule has 1 aliphatic rings. The van der Waals surface area contributed by atoms with Crippen LogP contribution in [0.2, 0.25) is 0 Å². The van der Waals surface area contributed by atoms with Crippen molar-refractivity contribution in [3.8, 4) is 5.75 Å². The van der Waals surface area contributed by atoms with Gasteiger partial charge in [-0.2, -0.15) is 0 Å². The summed E-state index contributed by atoms with van der Waals surface area (Å²) in [4.78, 5) is 0. The monoisotopic (exact) mass is 389 g/mol. The Balaban J connectivity index is 0.00000126. The van der Waals surface area contributed by atoms with Crippen molar-refractivity contribution in [1.29, 1.82) is 0 Å². The summed E-state index contributed by atoms with van der Waals surface area (Å²) in [5.74, 6) is 1.69. The fraction of sp³-hybridized carbons (Fsp3) is 0.500. The van der Waals surface area contributed by atoms with Gasteiger partial charge in [0.15, 0.2) is 0 Å². The second-order valence-corrected chi connectivity index (χ2v) is 7.32. The van der Waals surface area contributed by atoms with E-state index in [1.54, 1.807) is 18.4 Å². The number of anilines is 1. The maximum Gasteiger partial charge on any atom is 0.211 e. The average molecular weight is 390 g/mol. The van der Waals surface area contributed by atoms with Crippen molar-refractivity contribution in [3.63, 3.8) is 0 Å². The third-order valence-electron chi connectivity index (χ3n) is 4.26. The molecule has 0 unspecified atom stereocenters. The van der Waals surface area contributed by atoms with E-state index >= 15 is 0 Å². The van der Waals surface area contributed by atoms with E-state index in [2.05, 4.69) is 44.9 Å². The molecule has 27 heavy (non-hydrogen) atoms. The first-order valence-corrected chi connectivity index (χ1v) is 10.3. The standard InChI is InChI=1S/C18H25N5OS.C2H6/c1-12-10-14(4-5-16(12)24-3)11-17-22-23-18(25-17)21-13(2)20-15-6-8-19-9-7-15;1-2/h4-5,10,15,19-20H,2,6-9,11H2,1,3H3,(H,21,23);1-2H3. The lowest BCUT2D eigenvalue weighted by Gasteiger charge is -2.25. The van der Waals surface area contributed by atoms with Crippen molar-refractivity contribution >= 4 is 16.5 Å². The number of nitrogens with one attached hydrogen (secondary N) is 3. The van der Waals surface area contributed by atoms with E-state index in [4.69, 9.17) is 4.74 Å². The Morgan fingerprint density at radius 2 is 2.04 bits per heavy atom. The largest absolute Gasteiger partial charge is 0.496 e. The van der Waals surface area contributed by atoms with Crippen LogP contribution >= 0.6 is 11.3 Å². The molecule has 0 amide bonds. The van der Waals surface area contributed by atoms with Crippen molar-refractivity contribution < 1.29 is 4.74 Å². The van der Waals surface area contributed by atoms with Gasteiger partial charge in [-0.3, -0.25) is 0 Å². The summed E-state index contributed by atoms with van der Waals surface area (Å²) < 4.78 is 5.30. The van der Waals surface area contributed by atoms with Gasteiger partial charge in [0.25, 0.3) is 0 Å². The summed E-state index contributed by atoms with van der Waals surface area (Å²) in [6, 6.07) is 6.66. The van der Waals surface area contributed by atoms with E-state index in [1.807, 2.05) is 26.8 Å². The van der Waals surface area contributed by atoms with Crippen LogP contribution in [0.4, 0.5) is 5.13 Å².